The average molecular weight is 369 g/mol. The molecule has 0 atom stereocenters. The van der Waals surface area contributed by atoms with Gasteiger partial charge in [-0.1, -0.05) is 56.3 Å². The molecule has 1 aromatic carbocycles. The largest absolute Gasteiger partial charge is 0.238 e. The molecule has 0 amide bonds. The molecule has 0 aromatic heterocycles. The van der Waals surface area contributed by atoms with Gasteiger partial charge in [-0.15, -0.1) is 0 Å². The third-order valence-corrected chi connectivity index (χ3v) is 10.9. The van der Waals surface area contributed by atoms with E-state index in [-0.39, 0.29) is 12.2 Å². The van der Waals surface area contributed by atoms with Crippen molar-refractivity contribution in [2.24, 2.45) is 5.92 Å². The van der Waals surface area contributed by atoms with Gasteiger partial charge in [0, 0.05) is 15.2 Å². The van der Waals surface area contributed by atoms with Gasteiger partial charge in [0.05, 0.1) is 0 Å². The van der Waals surface area contributed by atoms with E-state index >= 15 is 0 Å². The molecular formula is C21H31F3Si. The van der Waals surface area contributed by atoms with Gasteiger partial charge >= 0.3 is 0 Å². The Balaban J connectivity index is 1.38. The topological polar surface area (TPSA) is 0 Å². The first-order chi connectivity index (χ1) is 12.1. The van der Waals surface area contributed by atoms with Crippen molar-refractivity contribution in [3.8, 4) is 0 Å². The molecular weight excluding hydrogens is 337 g/mol. The van der Waals surface area contributed by atoms with E-state index in [0.29, 0.717) is 18.3 Å². The molecule has 0 bridgehead atoms. The van der Waals surface area contributed by atoms with E-state index in [1.807, 2.05) is 12.1 Å². The highest BCUT2D eigenvalue weighted by molar-refractivity contribution is 6.60. The zero-order valence-electron chi connectivity index (χ0n) is 15.1. The number of alkyl halides is 2. The molecule has 1 heterocycles. The van der Waals surface area contributed by atoms with Crippen LogP contribution in [-0.4, -0.2) is 15.2 Å². The molecule has 1 aliphatic heterocycles. The molecule has 1 saturated carbocycles. The van der Waals surface area contributed by atoms with Gasteiger partial charge in [0.15, 0.2) is 0 Å². The molecule has 3 rings (SSSR count). The molecule has 1 aromatic rings. The lowest BCUT2D eigenvalue weighted by atomic mass is 9.85. The van der Waals surface area contributed by atoms with Gasteiger partial charge in [0.2, 0.25) is 6.43 Å². The van der Waals surface area contributed by atoms with E-state index < -0.39 is 15.2 Å². The van der Waals surface area contributed by atoms with Gasteiger partial charge in [-0.25, -0.2) is 13.2 Å². The van der Waals surface area contributed by atoms with Gasteiger partial charge in [-0.3, -0.25) is 0 Å². The first-order valence-electron chi connectivity index (χ1n) is 10.2. The van der Waals surface area contributed by atoms with Crippen LogP contribution in [0.3, 0.4) is 0 Å². The molecule has 2 fully saturated rings. The Morgan fingerprint density at radius 3 is 2.16 bits per heavy atom. The number of hydrogen-bond donors (Lipinski definition) is 0. The number of benzene rings is 1. The first kappa shape index (κ1) is 19.0. The van der Waals surface area contributed by atoms with Crippen LogP contribution in [0.2, 0.25) is 17.6 Å². The predicted octanol–water partition coefficient (Wildman–Crippen LogP) is 6.93. The Labute approximate surface area is 151 Å². The van der Waals surface area contributed by atoms with Crippen LogP contribution in [0.5, 0.6) is 0 Å². The zero-order chi connectivity index (χ0) is 17.6. The average Bonchev–Trinajstić information content (AvgIpc) is 2.63. The van der Waals surface area contributed by atoms with Crippen molar-refractivity contribution in [2.75, 3.05) is 0 Å². The van der Waals surface area contributed by atoms with E-state index in [4.69, 9.17) is 0 Å². The summed E-state index contributed by atoms with van der Waals surface area (Å²) in [5.41, 5.74) is 2.30. The minimum Gasteiger partial charge on any atom is -0.211 e. The fraction of sp³-hybridized carbons (Fsp3) is 0.714. The van der Waals surface area contributed by atoms with Crippen LogP contribution in [0.25, 0.3) is 0 Å². The standard InChI is InChI=1S/C21H31F3Si/c22-19-8-6-17(7-9-19)18-12-14-25(15-13-18)20-10-4-16(5-11-20)2-1-3-21(23)24/h6-9,16,18,20-21,25H,1-5,10-15H2/t16-,18-,20-,25-. The van der Waals surface area contributed by atoms with Crippen molar-refractivity contribution in [1.29, 1.82) is 0 Å². The van der Waals surface area contributed by atoms with E-state index in [0.717, 1.165) is 12.0 Å². The van der Waals surface area contributed by atoms with Crippen LogP contribution < -0.4 is 0 Å². The Morgan fingerprint density at radius 2 is 1.56 bits per heavy atom. The van der Waals surface area contributed by atoms with E-state index in [2.05, 4.69) is 0 Å². The van der Waals surface area contributed by atoms with Crippen LogP contribution in [0, 0.1) is 11.7 Å². The van der Waals surface area contributed by atoms with Crippen molar-refractivity contribution >= 4 is 8.80 Å². The summed E-state index contributed by atoms with van der Waals surface area (Å²) in [4.78, 5) is 0. The third kappa shape index (κ3) is 5.60. The Bertz CT molecular complexity index is 500. The van der Waals surface area contributed by atoms with Gasteiger partial charge in [-0.05, 0) is 54.3 Å². The molecule has 140 valence electrons. The molecule has 0 N–H and O–H groups in total. The summed E-state index contributed by atoms with van der Waals surface area (Å²) in [5.74, 6) is 1.20. The second kappa shape index (κ2) is 9.25. The molecule has 25 heavy (non-hydrogen) atoms. The lowest BCUT2D eigenvalue weighted by Crippen LogP contribution is -2.29. The van der Waals surface area contributed by atoms with Crippen LogP contribution in [0.15, 0.2) is 24.3 Å². The summed E-state index contributed by atoms with van der Waals surface area (Å²) < 4.78 is 37.6. The first-order valence-corrected chi connectivity index (χ1v) is 12.5. The fourth-order valence-electron chi connectivity index (χ4n) is 5.17. The quantitative estimate of drug-likeness (QED) is 0.478. The normalized spacial score (nSPS) is 30.6. The Hall–Kier alpha value is -0.773. The van der Waals surface area contributed by atoms with Crippen LogP contribution in [0.4, 0.5) is 13.2 Å². The van der Waals surface area contributed by atoms with Gasteiger partial charge in [-0.2, -0.15) is 0 Å². The molecule has 0 nitrogen and oxygen atoms in total. The summed E-state index contributed by atoms with van der Waals surface area (Å²) in [6.45, 7) is 0. The second-order valence-corrected chi connectivity index (χ2v) is 11.9. The van der Waals surface area contributed by atoms with Crippen molar-refractivity contribution in [2.45, 2.75) is 87.8 Å². The predicted molar refractivity (Wildman–Crippen MR) is 101 cm³/mol. The molecule has 0 unspecified atom stereocenters. The summed E-state index contributed by atoms with van der Waals surface area (Å²) in [7, 11) is -0.644. The maximum absolute atomic E-state index is 13.1. The summed E-state index contributed by atoms with van der Waals surface area (Å²) in [6, 6.07) is 9.98. The Kier molecular flexibility index (Phi) is 7.03. The van der Waals surface area contributed by atoms with Crippen molar-refractivity contribution < 1.29 is 13.2 Å². The van der Waals surface area contributed by atoms with Gasteiger partial charge in [0.25, 0.3) is 0 Å². The zero-order valence-corrected chi connectivity index (χ0v) is 16.3. The maximum atomic E-state index is 13.1. The van der Waals surface area contributed by atoms with Crippen LogP contribution >= 0.6 is 0 Å². The molecule has 0 spiro atoms. The third-order valence-electron chi connectivity index (χ3n) is 6.71. The van der Waals surface area contributed by atoms with E-state index in [1.54, 1.807) is 12.1 Å². The highest BCUT2D eigenvalue weighted by Gasteiger charge is 2.32. The molecule has 0 radical (unpaired) electrons. The fourth-order valence-corrected chi connectivity index (χ4v) is 9.39. The van der Waals surface area contributed by atoms with Crippen LogP contribution in [0.1, 0.15) is 69.3 Å². The molecule has 4 heteroatoms. The van der Waals surface area contributed by atoms with E-state index in [1.165, 1.54) is 56.2 Å². The number of halogens is 3. The number of hydrogen-bond acceptors (Lipinski definition) is 0. The highest BCUT2D eigenvalue weighted by Crippen LogP contribution is 2.44. The summed E-state index contributed by atoms with van der Waals surface area (Å²) in [5, 5.41) is 0. The lowest BCUT2D eigenvalue weighted by Gasteiger charge is -2.37. The second-order valence-electron chi connectivity index (χ2n) is 8.27. The van der Waals surface area contributed by atoms with Crippen molar-refractivity contribution in [1.82, 2.24) is 0 Å². The van der Waals surface area contributed by atoms with Crippen LogP contribution in [-0.2, 0) is 0 Å². The molecule has 1 saturated heterocycles. The monoisotopic (exact) mass is 368 g/mol. The smallest absolute Gasteiger partial charge is 0.211 e. The van der Waals surface area contributed by atoms with Gasteiger partial charge < -0.3 is 0 Å². The SMILES string of the molecule is Fc1ccc([C@H]2CC[Si@H]([C@H]3CC[C@H](CCCC(F)F)CC3)CC2)cc1. The minimum atomic E-state index is -2.12. The van der Waals surface area contributed by atoms with Gasteiger partial charge in [0.1, 0.15) is 5.82 Å². The van der Waals surface area contributed by atoms with E-state index in [9.17, 15) is 13.2 Å². The summed E-state index contributed by atoms with van der Waals surface area (Å²) >= 11 is 0. The summed E-state index contributed by atoms with van der Waals surface area (Å²) in [6.07, 6.45) is 7.52. The Morgan fingerprint density at radius 1 is 0.920 bits per heavy atom. The molecule has 2 aliphatic rings. The minimum absolute atomic E-state index is 0.0854. The lowest BCUT2D eigenvalue weighted by molar-refractivity contribution is 0.130. The van der Waals surface area contributed by atoms with Crippen molar-refractivity contribution in [3.05, 3.63) is 35.6 Å². The maximum Gasteiger partial charge on any atom is 0.238 e. The molecule has 1 aliphatic carbocycles. The van der Waals surface area contributed by atoms with Crippen molar-refractivity contribution in [3.63, 3.8) is 0 Å². The number of rotatable bonds is 6. The highest BCUT2D eigenvalue weighted by atomic mass is 28.3.